The van der Waals surface area contributed by atoms with Gasteiger partial charge in [0.2, 0.25) is 10.0 Å². The molecule has 2 atom stereocenters. The van der Waals surface area contributed by atoms with Gasteiger partial charge in [-0.2, -0.15) is 4.31 Å². The second-order valence-corrected chi connectivity index (χ2v) is 8.01. The van der Waals surface area contributed by atoms with Crippen LogP contribution >= 0.6 is 15.9 Å². The summed E-state index contributed by atoms with van der Waals surface area (Å²) in [6.07, 6.45) is 1.99. The standard InChI is InChI=1S/C13H19BrN2O2S/c1-9-3-4-10(2)16(8-9)19(17,18)13-6-5-11(15)7-12(13)14/h5-7,9-10H,3-4,8,15H2,1-2H3. The highest BCUT2D eigenvalue weighted by Gasteiger charge is 2.34. The Hall–Kier alpha value is -0.590. The molecule has 2 N–H and O–H groups in total. The van der Waals surface area contributed by atoms with Gasteiger partial charge in [0.25, 0.3) is 0 Å². The van der Waals surface area contributed by atoms with Gasteiger partial charge in [-0.25, -0.2) is 8.42 Å². The summed E-state index contributed by atoms with van der Waals surface area (Å²) in [6, 6.07) is 4.87. The number of anilines is 1. The minimum absolute atomic E-state index is 0.0469. The summed E-state index contributed by atoms with van der Waals surface area (Å²) >= 11 is 3.30. The second-order valence-electron chi connectivity index (χ2n) is 5.30. The Morgan fingerprint density at radius 2 is 2.00 bits per heavy atom. The molecule has 1 aliphatic heterocycles. The molecule has 4 nitrogen and oxygen atoms in total. The highest BCUT2D eigenvalue weighted by molar-refractivity contribution is 9.10. The van der Waals surface area contributed by atoms with Gasteiger partial charge in [0.1, 0.15) is 0 Å². The first-order valence-corrected chi connectivity index (χ1v) is 8.62. The third kappa shape index (κ3) is 2.95. The molecule has 1 fully saturated rings. The molecule has 0 saturated carbocycles. The van der Waals surface area contributed by atoms with Crippen molar-refractivity contribution >= 4 is 31.6 Å². The molecule has 1 aromatic carbocycles. The fraction of sp³-hybridized carbons (Fsp3) is 0.538. The van der Waals surface area contributed by atoms with Gasteiger partial charge in [-0.05, 0) is 59.8 Å². The number of rotatable bonds is 2. The Bertz CT molecular complexity index is 574. The summed E-state index contributed by atoms with van der Waals surface area (Å²) < 4.78 is 27.6. The average molecular weight is 347 g/mol. The van der Waals surface area contributed by atoms with E-state index in [4.69, 9.17) is 5.73 Å². The molecule has 0 aliphatic carbocycles. The summed E-state index contributed by atoms with van der Waals surface area (Å²) in [4.78, 5) is 0.294. The van der Waals surface area contributed by atoms with Crippen LogP contribution in [0.15, 0.2) is 27.6 Å². The van der Waals surface area contributed by atoms with Crippen molar-refractivity contribution in [2.45, 2.75) is 37.6 Å². The molecular formula is C13H19BrN2O2S. The lowest BCUT2D eigenvalue weighted by molar-refractivity contribution is 0.218. The number of nitrogen functional groups attached to an aromatic ring is 1. The van der Waals surface area contributed by atoms with Crippen LogP contribution in [0.1, 0.15) is 26.7 Å². The number of benzene rings is 1. The van der Waals surface area contributed by atoms with Crippen LogP contribution in [0, 0.1) is 5.92 Å². The fourth-order valence-corrected chi connectivity index (χ4v) is 5.27. The van der Waals surface area contributed by atoms with E-state index >= 15 is 0 Å². The number of hydrogen-bond donors (Lipinski definition) is 1. The lowest BCUT2D eigenvalue weighted by Crippen LogP contribution is -2.44. The van der Waals surface area contributed by atoms with Crippen LogP contribution in [0.2, 0.25) is 0 Å². The highest BCUT2D eigenvalue weighted by atomic mass is 79.9. The molecule has 2 unspecified atom stereocenters. The van der Waals surface area contributed by atoms with Gasteiger partial charge in [-0.3, -0.25) is 0 Å². The maximum Gasteiger partial charge on any atom is 0.244 e. The minimum atomic E-state index is -3.46. The molecule has 0 spiro atoms. The average Bonchev–Trinajstić information content (AvgIpc) is 2.31. The van der Waals surface area contributed by atoms with E-state index in [0.29, 0.717) is 27.5 Å². The Kier molecular flexibility index (Phi) is 4.23. The predicted octanol–water partition coefficient (Wildman–Crippen LogP) is 2.84. The van der Waals surface area contributed by atoms with Crippen molar-refractivity contribution in [3.63, 3.8) is 0 Å². The normalized spacial score (nSPS) is 25.4. The second kappa shape index (κ2) is 5.42. The Morgan fingerprint density at radius 1 is 1.32 bits per heavy atom. The molecule has 1 aromatic rings. The van der Waals surface area contributed by atoms with Gasteiger partial charge in [0, 0.05) is 22.7 Å². The highest BCUT2D eigenvalue weighted by Crippen LogP contribution is 2.32. The van der Waals surface area contributed by atoms with Gasteiger partial charge >= 0.3 is 0 Å². The van der Waals surface area contributed by atoms with E-state index in [1.54, 1.807) is 22.5 Å². The molecule has 6 heteroatoms. The third-order valence-electron chi connectivity index (χ3n) is 3.60. The van der Waals surface area contributed by atoms with E-state index in [1.807, 2.05) is 6.92 Å². The van der Waals surface area contributed by atoms with E-state index < -0.39 is 10.0 Å². The Morgan fingerprint density at radius 3 is 2.63 bits per heavy atom. The zero-order valence-corrected chi connectivity index (χ0v) is 13.5. The summed E-state index contributed by atoms with van der Waals surface area (Å²) in [6.45, 7) is 4.64. The minimum Gasteiger partial charge on any atom is -0.399 e. The van der Waals surface area contributed by atoms with Crippen LogP contribution < -0.4 is 5.73 Å². The van der Waals surface area contributed by atoms with Crippen molar-refractivity contribution < 1.29 is 8.42 Å². The third-order valence-corrected chi connectivity index (χ3v) is 6.56. The van der Waals surface area contributed by atoms with Crippen LogP contribution in [-0.4, -0.2) is 25.3 Å². The van der Waals surface area contributed by atoms with Crippen LogP contribution in [0.5, 0.6) is 0 Å². The van der Waals surface area contributed by atoms with Crippen molar-refractivity contribution in [1.82, 2.24) is 4.31 Å². The van der Waals surface area contributed by atoms with Crippen LogP contribution in [0.25, 0.3) is 0 Å². The van der Waals surface area contributed by atoms with Crippen molar-refractivity contribution in [3.8, 4) is 0 Å². The molecule has 1 aliphatic rings. The van der Waals surface area contributed by atoms with Gasteiger partial charge in [0.05, 0.1) is 4.90 Å². The van der Waals surface area contributed by atoms with Gasteiger partial charge in [-0.1, -0.05) is 6.92 Å². The largest absolute Gasteiger partial charge is 0.399 e. The number of nitrogens with zero attached hydrogens (tertiary/aromatic N) is 1. The number of sulfonamides is 1. The van der Waals surface area contributed by atoms with E-state index in [2.05, 4.69) is 22.9 Å². The lowest BCUT2D eigenvalue weighted by Gasteiger charge is -2.35. The molecule has 1 saturated heterocycles. The van der Waals surface area contributed by atoms with Crippen LogP contribution in [0.3, 0.4) is 0 Å². The molecule has 19 heavy (non-hydrogen) atoms. The van der Waals surface area contributed by atoms with Gasteiger partial charge in [-0.15, -0.1) is 0 Å². The maximum absolute atomic E-state index is 12.7. The first-order valence-electron chi connectivity index (χ1n) is 6.39. The zero-order chi connectivity index (χ0) is 14.2. The summed E-state index contributed by atoms with van der Waals surface area (Å²) in [5.41, 5.74) is 6.21. The van der Waals surface area contributed by atoms with Crippen molar-refractivity contribution in [2.75, 3.05) is 12.3 Å². The first-order chi connectivity index (χ1) is 8.82. The topological polar surface area (TPSA) is 63.4 Å². The summed E-state index contributed by atoms with van der Waals surface area (Å²) in [5, 5.41) is 0. The molecule has 0 amide bonds. The number of nitrogens with two attached hydrogens (primary N) is 1. The molecule has 1 heterocycles. The van der Waals surface area contributed by atoms with Gasteiger partial charge in [0.15, 0.2) is 0 Å². The monoisotopic (exact) mass is 346 g/mol. The molecular weight excluding hydrogens is 328 g/mol. The molecule has 0 bridgehead atoms. The quantitative estimate of drug-likeness (QED) is 0.837. The molecule has 2 rings (SSSR count). The van der Waals surface area contributed by atoms with E-state index in [-0.39, 0.29) is 6.04 Å². The summed E-state index contributed by atoms with van der Waals surface area (Å²) in [5.74, 6) is 0.401. The van der Waals surface area contributed by atoms with E-state index in [1.165, 1.54) is 0 Å². The maximum atomic E-state index is 12.7. The number of piperidine rings is 1. The molecule has 0 aromatic heterocycles. The summed E-state index contributed by atoms with van der Waals surface area (Å²) in [7, 11) is -3.46. The predicted molar refractivity (Wildman–Crippen MR) is 80.3 cm³/mol. The smallest absolute Gasteiger partial charge is 0.244 e. The number of halogens is 1. The van der Waals surface area contributed by atoms with Gasteiger partial charge < -0.3 is 5.73 Å². The first kappa shape index (κ1) is 14.8. The van der Waals surface area contributed by atoms with E-state index in [0.717, 1.165) is 12.8 Å². The molecule has 106 valence electrons. The Labute approximate surface area is 123 Å². The van der Waals surface area contributed by atoms with Crippen molar-refractivity contribution in [1.29, 1.82) is 0 Å². The zero-order valence-electron chi connectivity index (χ0n) is 11.1. The van der Waals surface area contributed by atoms with Crippen LogP contribution in [0.4, 0.5) is 5.69 Å². The SMILES string of the molecule is CC1CCC(C)N(S(=O)(=O)c2ccc(N)cc2Br)C1. The van der Waals surface area contributed by atoms with Crippen molar-refractivity contribution in [2.24, 2.45) is 5.92 Å². The van der Waals surface area contributed by atoms with E-state index in [9.17, 15) is 8.42 Å². The Balaban J connectivity index is 2.41. The van der Waals surface area contributed by atoms with Crippen LogP contribution in [-0.2, 0) is 10.0 Å². The number of hydrogen-bond acceptors (Lipinski definition) is 3. The fourth-order valence-electron chi connectivity index (χ4n) is 2.44. The van der Waals surface area contributed by atoms with Crippen molar-refractivity contribution in [3.05, 3.63) is 22.7 Å². The molecule has 0 radical (unpaired) electrons. The lowest BCUT2D eigenvalue weighted by atomic mass is 9.97.